The maximum atomic E-state index is 11.6. The fourth-order valence-electron chi connectivity index (χ4n) is 1.13. The van der Waals surface area contributed by atoms with Gasteiger partial charge in [0, 0.05) is 12.6 Å². The Bertz CT molecular complexity index is 425. The molecule has 0 aromatic carbocycles. The lowest BCUT2D eigenvalue weighted by atomic mass is 9.90. The van der Waals surface area contributed by atoms with Crippen LogP contribution in [0.25, 0.3) is 0 Å². The van der Waals surface area contributed by atoms with E-state index in [2.05, 4.69) is 21.2 Å². The van der Waals surface area contributed by atoms with E-state index in [0.717, 1.165) is 0 Å². The van der Waals surface area contributed by atoms with Crippen molar-refractivity contribution in [1.29, 1.82) is 0 Å². The van der Waals surface area contributed by atoms with Crippen LogP contribution in [0, 0.1) is 5.41 Å². The van der Waals surface area contributed by atoms with Crippen molar-refractivity contribution in [2.75, 3.05) is 6.54 Å². The average molecular weight is 304 g/mol. The largest absolute Gasteiger partial charge is 0.481 e. The quantitative estimate of drug-likeness (QED) is 0.874. The summed E-state index contributed by atoms with van der Waals surface area (Å²) in [5.41, 5.74) is -0.436. The summed E-state index contributed by atoms with van der Waals surface area (Å²) >= 11 is 3.10. The number of furan rings is 1. The summed E-state index contributed by atoms with van der Waals surface area (Å²) in [6, 6.07) is 1.55. The Labute approximate surface area is 107 Å². The maximum Gasteiger partial charge on any atom is 0.309 e. The summed E-state index contributed by atoms with van der Waals surface area (Å²) in [6.45, 7) is 3.55. The van der Waals surface area contributed by atoms with Crippen molar-refractivity contribution in [3.8, 4) is 0 Å². The van der Waals surface area contributed by atoms with Crippen LogP contribution in [0.15, 0.2) is 21.4 Å². The van der Waals surface area contributed by atoms with E-state index >= 15 is 0 Å². The molecule has 1 heterocycles. The highest BCUT2D eigenvalue weighted by Gasteiger charge is 2.26. The highest BCUT2D eigenvalue weighted by atomic mass is 79.9. The van der Waals surface area contributed by atoms with Gasteiger partial charge in [-0.05, 0) is 36.2 Å². The average Bonchev–Trinajstić information content (AvgIpc) is 2.64. The second-order valence-electron chi connectivity index (χ2n) is 4.33. The number of carboxylic acid groups (broad SMARTS) is 1. The second kappa shape index (κ2) is 5.35. The smallest absolute Gasteiger partial charge is 0.309 e. The molecule has 17 heavy (non-hydrogen) atoms. The van der Waals surface area contributed by atoms with E-state index in [-0.39, 0.29) is 5.91 Å². The van der Waals surface area contributed by atoms with Crippen molar-refractivity contribution in [3.05, 3.63) is 22.6 Å². The lowest BCUT2D eigenvalue weighted by molar-refractivity contribution is -0.147. The van der Waals surface area contributed by atoms with Gasteiger partial charge in [0.05, 0.1) is 11.0 Å². The van der Waals surface area contributed by atoms with E-state index in [1.807, 2.05) is 0 Å². The molecule has 0 aliphatic heterocycles. The van der Waals surface area contributed by atoms with Gasteiger partial charge in [0.15, 0.2) is 4.67 Å². The van der Waals surface area contributed by atoms with E-state index in [1.54, 1.807) is 19.9 Å². The number of hydrogen-bond acceptors (Lipinski definition) is 3. The van der Waals surface area contributed by atoms with E-state index in [1.165, 1.54) is 6.26 Å². The van der Waals surface area contributed by atoms with Crippen LogP contribution in [0.5, 0.6) is 0 Å². The zero-order valence-electron chi connectivity index (χ0n) is 9.62. The Balaban J connectivity index is 2.42. The van der Waals surface area contributed by atoms with Gasteiger partial charge in [-0.3, -0.25) is 9.59 Å². The number of aliphatic carboxylic acids is 1. The Kier molecular flexibility index (Phi) is 4.34. The number of carboxylic acids is 1. The van der Waals surface area contributed by atoms with Gasteiger partial charge >= 0.3 is 5.97 Å². The van der Waals surface area contributed by atoms with Gasteiger partial charge in [-0.25, -0.2) is 0 Å². The number of amides is 1. The number of nitrogens with one attached hydrogen (secondary N) is 1. The van der Waals surface area contributed by atoms with E-state index in [4.69, 9.17) is 9.52 Å². The van der Waals surface area contributed by atoms with Crippen LogP contribution < -0.4 is 5.32 Å². The predicted octanol–water partition coefficient (Wildman–Crippen LogP) is 2.27. The highest BCUT2D eigenvalue weighted by molar-refractivity contribution is 9.10. The third-order valence-electron chi connectivity index (χ3n) is 2.44. The monoisotopic (exact) mass is 303 g/mol. The van der Waals surface area contributed by atoms with Crippen LogP contribution >= 0.6 is 15.9 Å². The molecule has 0 radical (unpaired) electrons. The van der Waals surface area contributed by atoms with E-state index in [0.29, 0.717) is 23.2 Å². The fraction of sp³-hybridized carbons (Fsp3) is 0.455. The standard InChI is InChI=1S/C11H14BrNO4/c1-11(2,10(15)16)3-4-13-9(14)7-5-8(12)17-6-7/h5-6H,3-4H2,1-2H3,(H,13,14)(H,15,16). The maximum absolute atomic E-state index is 11.6. The molecule has 5 nitrogen and oxygen atoms in total. The topological polar surface area (TPSA) is 79.5 Å². The van der Waals surface area contributed by atoms with Gasteiger partial charge in [0.2, 0.25) is 0 Å². The molecule has 94 valence electrons. The van der Waals surface area contributed by atoms with Crippen molar-refractivity contribution in [2.45, 2.75) is 20.3 Å². The van der Waals surface area contributed by atoms with Crippen LogP contribution in [0.1, 0.15) is 30.6 Å². The molecule has 0 fully saturated rings. The molecule has 2 N–H and O–H groups in total. The highest BCUT2D eigenvalue weighted by Crippen LogP contribution is 2.19. The number of carbonyl (C=O) groups excluding carboxylic acids is 1. The fourth-order valence-corrected chi connectivity index (χ4v) is 1.47. The minimum Gasteiger partial charge on any atom is -0.481 e. The van der Waals surface area contributed by atoms with Crippen molar-refractivity contribution >= 4 is 27.8 Å². The van der Waals surface area contributed by atoms with Crippen molar-refractivity contribution in [2.24, 2.45) is 5.41 Å². The Hall–Kier alpha value is -1.30. The molecule has 0 aliphatic rings. The first kappa shape index (κ1) is 13.8. The van der Waals surface area contributed by atoms with Crippen LogP contribution in [-0.4, -0.2) is 23.5 Å². The molecule has 1 aromatic heterocycles. The van der Waals surface area contributed by atoms with Crippen LogP contribution in [-0.2, 0) is 4.79 Å². The lowest BCUT2D eigenvalue weighted by Gasteiger charge is -2.18. The van der Waals surface area contributed by atoms with Gasteiger partial charge in [0.25, 0.3) is 5.91 Å². The summed E-state index contributed by atoms with van der Waals surface area (Å²) < 4.78 is 5.41. The minimum atomic E-state index is -0.877. The molecule has 1 aromatic rings. The summed E-state index contributed by atoms with van der Waals surface area (Å²) in [4.78, 5) is 22.4. The minimum absolute atomic E-state index is 0.277. The van der Waals surface area contributed by atoms with E-state index < -0.39 is 11.4 Å². The zero-order valence-corrected chi connectivity index (χ0v) is 11.2. The molecular weight excluding hydrogens is 290 g/mol. The first-order chi connectivity index (χ1) is 7.83. The molecule has 0 saturated carbocycles. The van der Waals surface area contributed by atoms with Crippen molar-refractivity contribution in [3.63, 3.8) is 0 Å². The third kappa shape index (κ3) is 3.89. The van der Waals surface area contributed by atoms with Crippen LogP contribution in [0.3, 0.4) is 0 Å². The van der Waals surface area contributed by atoms with E-state index in [9.17, 15) is 9.59 Å². The molecule has 0 bridgehead atoms. The summed E-state index contributed by atoms with van der Waals surface area (Å²) in [7, 11) is 0. The van der Waals surface area contributed by atoms with Crippen LogP contribution in [0.4, 0.5) is 0 Å². The Morgan fingerprint density at radius 1 is 1.53 bits per heavy atom. The Morgan fingerprint density at radius 3 is 2.65 bits per heavy atom. The summed E-state index contributed by atoms with van der Waals surface area (Å²) in [6.07, 6.45) is 1.70. The molecule has 6 heteroatoms. The van der Waals surface area contributed by atoms with Crippen LogP contribution in [0.2, 0.25) is 0 Å². The molecular formula is C11H14BrNO4. The second-order valence-corrected chi connectivity index (χ2v) is 5.12. The number of carbonyl (C=O) groups is 2. The predicted molar refractivity (Wildman–Crippen MR) is 64.8 cm³/mol. The first-order valence-electron chi connectivity index (χ1n) is 5.08. The third-order valence-corrected chi connectivity index (χ3v) is 2.86. The van der Waals surface area contributed by atoms with Crippen molar-refractivity contribution in [1.82, 2.24) is 5.32 Å². The van der Waals surface area contributed by atoms with Gasteiger partial charge in [0.1, 0.15) is 6.26 Å². The molecule has 0 unspecified atom stereocenters. The molecule has 0 spiro atoms. The number of rotatable bonds is 5. The molecule has 0 aliphatic carbocycles. The normalized spacial score (nSPS) is 11.2. The molecule has 0 saturated heterocycles. The van der Waals surface area contributed by atoms with Gasteiger partial charge in [-0.2, -0.15) is 0 Å². The van der Waals surface area contributed by atoms with Gasteiger partial charge in [-0.15, -0.1) is 0 Å². The van der Waals surface area contributed by atoms with Gasteiger partial charge < -0.3 is 14.8 Å². The number of halogens is 1. The molecule has 1 amide bonds. The lowest BCUT2D eigenvalue weighted by Crippen LogP contribution is -2.31. The summed E-state index contributed by atoms with van der Waals surface area (Å²) in [5, 5.41) is 11.5. The first-order valence-corrected chi connectivity index (χ1v) is 5.88. The zero-order chi connectivity index (χ0) is 13.1. The SMILES string of the molecule is CC(C)(CCNC(=O)c1coc(Br)c1)C(=O)O. The van der Waals surface area contributed by atoms with Gasteiger partial charge in [-0.1, -0.05) is 0 Å². The molecule has 1 rings (SSSR count). The van der Waals surface area contributed by atoms with Crippen molar-refractivity contribution < 1.29 is 19.1 Å². The Morgan fingerprint density at radius 2 is 2.18 bits per heavy atom. The number of hydrogen-bond donors (Lipinski definition) is 2. The molecule has 0 atom stereocenters. The summed E-state index contributed by atoms with van der Waals surface area (Å²) in [5.74, 6) is -1.15.